The number of halogens is 1. The smallest absolute Gasteiger partial charge is 0.314 e. The minimum absolute atomic E-state index is 0.0916. The van der Waals surface area contributed by atoms with Crippen LogP contribution in [0.15, 0.2) is 6.07 Å². The summed E-state index contributed by atoms with van der Waals surface area (Å²) >= 11 is 6.13. The van der Waals surface area contributed by atoms with Gasteiger partial charge in [0.25, 0.3) is 0 Å². The maximum atomic E-state index is 11.5. The number of ether oxygens (including phenoxy) is 1. The molecular formula is C13H15ClO4. The number of carboxylic acid groups (broad SMARTS) is 1. The van der Waals surface area contributed by atoms with E-state index in [-0.39, 0.29) is 16.5 Å². The Morgan fingerprint density at radius 2 is 2.11 bits per heavy atom. The van der Waals surface area contributed by atoms with Gasteiger partial charge in [0.2, 0.25) is 0 Å². The lowest BCUT2D eigenvalue weighted by molar-refractivity contribution is -0.147. The summed E-state index contributed by atoms with van der Waals surface area (Å²) in [5.41, 5.74) is 0.295. The second-order valence-electron chi connectivity index (χ2n) is 4.67. The van der Waals surface area contributed by atoms with Gasteiger partial charge in [-0.05, 0) is 37.0 Å². The quantitative estimate of drug-likeness (QED) is 0.886. The molecule has 0 heterocycles. The zero-order valence-electron chi connectivity index (χ0n) is 10.3. The van der Waals surface area contributed by atoms with Crippen molar-refractivity contribution in [3.63, 3.8) is 0 Å². The summed E-state index contributed by atoms with van der Waals surface area (Å²) in [6.45, 7) is 1.78. The monoisotopic (exact) mass is 270 g/mol. The Labute approximate surface area is 110 Å². The van der Waals surface area contributed by atoms with Gasteiger partial charge >= 0.3 is 5.97 Å². The van der Waals surface area contributed by atoms with E-state index in [4.69, 9.17) is 16.3 Å². The molecule has 2 N–H and O–H groups in total. The minimum atomic E-state index is -0.953. The van der Waals surface area contributed by atoms with Crippen molar-refractivity contribution < 1.29 is 19.7 Å². The third-order valence-electron chi connectivity index (χ3n) is 3.72. The molecule has 0 spiro atoms. The summed E-state index contributed by atoms with van der Waals surface area (Å²) < 4.78 is 5.00. The maximum Gasteiger partial charge on any atom is 0.314 e. The lowest BCUT2D eigenvalue weighted by atomic mass is 9.63. The number of hydrogen-bond donors (Lipinski definition) is 2. The topological polar surface area (TPSA) is 66.8 Å². The highest BCUT2D eigenvalue weighted by atomic mass is 35.5. The second kappa shape index (κ2) is 4.35. The Morgan fingerprint density at radius 3 is 2.50 bits per heavy atom. The molecule has 1 fully saturated rings. The number of methoxy groups -OCH3 is 1. The number of hydrogen-bond acceptors (Lipinski definition) is 3. The molecule has 18 heavy (non-hydrogen) atoms. The van der Waals surface area contributed by atoms with Gasteiger partial charge in [-0.25, -0.2) is 0 Å². The SMILES string of the molecule is COc1cc(C)c(C2(C(=O)O)CCC2)c(Cl)c1O. The van der Waals surface area contributed by atoms with Crippen LogP contribution in [0.4, 0.5) is 0 Å². The standard InChI is InChI=1S/C13H15ClO4/c1-7-6-8(18-2)11(15)10(14)9(7)13(12(16)17)4-3-5-13/h6,15H,3-5H2,1-2H3,(H,16,17). The first-order chi connectivity index (χ1) is 8.44. The van der Waals surface area contributed by atoms with E-state index in [0.29, 0.717) is 18.4 Å². The van der Waals surface area contributed by atoms with Crippen LogP contribution in [0.25, 0.3) is 0 Å². The van der Waals surface area contributed by atoms with Crippen molar-refractivity contribution in [3.8, 4) is 11.5 Å². The Morgan fingerprint density at radius 1 is 1.50 bits per heavy atom. The van der Waals surface area contributed by atoms with E-state index in [0.717, 1.165) is 12.0 Å². The summed E-state index contributed by atoms with van der Waals surface area (Å²) in [5, 5.41) is 19.4. The van der Waals surface area contributed by atoms with E-state index in [1.54, 1.807) is 13.0 Å². The number of phenolic OH excluding ortho intramolecular Hbond substituents is 1. The maximum absolute atomic E-state index is 11.5. The van der Waals surface area contributed by atoms with Gasteiger partial charge in [0, 0.05) is 0 Å². The van der Waals surface area contributed by atoms with Crippen LogP contribution in [0.2, 0.25) is 5.02 Å². The summed E-state index contributed by atoms with van der Waals surface area (Å²) in [5.74, 6) is -0.809. The first-order valence-electron chi connectivity index (χ1n) is 5.74. The first-order valence-corrected chi connectivity index (χ1v) is 6.12. The third-order valence-corrected chi connectivity index (χ3v) is 4.09. The predicted molar refractivity (Wildman–Crippen MR) is 67.6 cm³/mol. The Kier molecular flexibility index (Phi) is 3.15. The average Bonchev–Trinajstić information content (AvgIpc) is 2.26. The number of carbonyl (C=O) groups is 1. The largest absolute Gasteiger partial charge is 0.503 e. The average molecular weight is 271 g/mol. The van der Waals surface area contributed by atoms with E-state index in [1.165, 1.54) is 7.11 Å². The molecule has 1 aliphatic rings. The molecule has 1 aromatic rings. The summed E-state index contributed by atoms with van der Waals surface area (Å²) in [6.07, 6.45) is 1.96. The molecule has 0 saturated heterocycles. The highest BCUT2D eigenvalue weighted by Crippen LogP contribution is 2.51. The molecule has 1 saturated carbocycles. The highest BCUT2D eigenvalue weighted by Gasteiger charge is 2.48. The van der Waals surface area contributed by atoms with Crippen molar-refractivity contribution in [2.45, 2.75) is 31.6 Å². The molecule has 0 aliphatic heterocycles. The second-order valence-corrected chi connectivity index (χ2v) is 5.05. The molecule has 0 aromatic heterocycles. The van der Waals surface area contributed by atoms with Crippen molar-refractivity contribution in [3.05, 3.63) is 22.2 Å². The fourth-order valence-corrected chi connectivity index (χ4v) is 3.00. The molecule has 0 atom stereocenters. The lowest BCUT2D eigenvalue weighted by Gasteiger charge is -2.39. The van der Waals surface area contributed by atoms with Crippen LogP contribution in [-0.4, -0.2) is 23.3 Å². The number of rotatable bonds is 3. The summed E-state index contributed by atoms with van der Waals surface area (Å²) in [6, 6.07) is 1.62. The van der Waals surface area contributed by atoms with Crippen molar-refractivity contribution in [1.29, 1.82) is 0 Å². The Hall–Kier alpha value is -1.42. The predicted octanol–water partition coefficient (Wildman–Crippen LogP) is 2.87. The third kappa shape index (κ3) is 1.63. The van der Waals surface area contributed by atoms with E-state index < -0.39 is 11.4 Å². The molecular weight excluding hydrogens is 256 g/mol. The lowest BCUT2D eigenvalue weighted by Crippen LogP contribution is -2.43. The number of benzene rings is 1. The molecule has 0 unspecified atom stereocenters. The molecule has 1 aromatic carbocycles. The van der Waals surface area contributed by atoms with Crippen LogP contribution in [0.5, 0.6) is 11.5 Å². The minimum Gasteiger partial charge on any atom is -0.503 e. The van der Waals surface area contributed by atoms with Crippen LogP contribution < -0.4 is 4.74 Å². The molecule has 4 nitrogen and oxygen atoms in total. The number of phenols is 1. The number of aliphatic carboxylic acids is 1. The zero-order valence-corrected chi connectivity index (χ0v) is 11.0. The molecule has 0 radical (unpaired) electrons. The van der Waals surface area contributed by atoms with E-state index in [9.17, 15) is 15.0 Å². The summed E-state index contributed by atoms with van der Waals surface area (Å²) in [4.78, 5) is 11.5. The highest BCUT2D eigenvalue weighted by molar-refractivity contribution is 6.33. The first kappa shape index (κ1) is 13.0. The van der Waals surface area contributed by atoms with Crippen LogP contribution in [0, 0.1) is 6.92 Å². The van der Waals surface area contributed by atoms with Gasteiger partial charge in [-0.1, -0.05) is 18.0 Å². The van der Waals surface area contributed by atoms with Gasteiger partial charge in [0.05, 0.1) is 17.5 Å². The molecule has 2 rings (SSSR count). The van der Waals surface area contributed by atoms with Gasteiger partial charge < -0.3 is 14.9 Å². The van der Waals surface area contributed by atoms with Crippen LogP contribution in [0.3, 0.4) is 0 Å². The molecule has 1 aliphatic carbocycles. The van der Waals surface area contributed by atoms with Gasteiger partial charge in [0.1, 0.15) is 0 Å². The normalized spacial score (nSPS) is 17.1. The van der Waals surface area contributed by atoms with Crippen molar-refractivity contribution >= 4 is 17.6 Å². The van der Waals surface area contributed by atoms with Gasteiger partial charge in [-0.2, -0.15) is 0 Å². The van der Waals surface area contributed by atoms with Gasteiger partial charge in [-0.15, -0.1) is 0 Å². The van der Waals surface area contributed by atoms with E-state index in [1.807, 2.05) is 0 Å². The Balaban J connectivity index is 2.65. The van der Waals surface area contributed by atoms with Crippen LogP contribution >= 0.6 is 11.6 Å². The number of aryl methyl sites for hydroxylation is 1. The van der Waals surface area contributed by atoms with Crippen LogP contribution in [0.1, 0.15) is 30.4 Å². The van der Waals surface area contributed by atoms with E-state index >= 15 is 0 Å². The van der Waals surface area contributed by atoms with Gasteiger partial charge in [0.15, 0.2) is 11.5 Å². The molecule has 0 amide bonds. The van der Waals surface area contributed by atoms with Crippen LogP contribution in [-0.2, 0) is 10.2 Å². The van der Waals surface area contributed by atoms with E-state index in [2.05, 4.69) is 0 Å². The van der Waals surface area contributed by atoms with Crippen molar-refractivity contribution in [1.82, 2.24) is 0 Å². The molecule has 5 heteroatoms. The number of aromatic hydroxyl groups is 1. The van der Waals surface area contributed by atoms with Gasteiger partial charge in [-0.3, -0.25) is 4.79 Å². The fraction of sp³-hybridized carbons (Fsp3) is 0.462. The molecule has 98 valence electrons. The van der Waals surface area contributed by atoms with Crippen molar-refractivity contribution in [2.24, 2.45) is 0 Å². The Bertz CT molecular complexity index is 506. The summed E-state index contributed by atoms with van der Waals surface area (Å²) in [7, 11) is 1.43. The number of carboxylic acids is 1. The fourth-order valence-electron chi connectivity index (χ4n) is 2.58. The molecule has 0 bridgehead atoms. The van der Waals surface area contributed by atoms with Crippen molar-refractivity contribution in [2.75, 3.05) is 7.11 Å². The zero-order chi connectivity index (χ0) is 13.5.